The van der Waals surface area contributed by atoms with Crippen LogP contribution in [0.1, 0.15) is 45.6 Å². The molecule has 1 aliphatic heterocycles. The lowest BCUT2D eigenvalue weighted by Crippen LogP contribution is -2.60. The largest absolute Gasteiger partial charge is 0.350 e. The smallest absolute Gasteiger partial charge is 0.283 e. The molecule has 0 bridgehead atoms. The molecular formula is C29H40FN5O4S. The molecule has 1 aliphatic carbocycles. The maximum atomic E-state index is 13.7. The molecule has 2 amide bonds. The van der Waals surface area contributed by atoms with Crippen molar-refractivity contribution >= 4 is 27.7 Å². The fourth-order valence-corrected chi connectivity index (χ4v) is 6.99. The van der Waals surface area contributed by atoms with E-state index in [0.717, 1.165) is 18.4 Å². The van der Waals surface area contributed by atoms with E-state index in [4.69, 9.17) is 5.73 Å². The van der Waals surface area contributed by atoms with Crippen molar-refractivity contribution < 1.29 is 22.4 Å². The van der Waals surface area contributed by atoms with Crippen LogP contribution in [-0.2, 0) is 26.2 Å². The molecule has 2 aromatic rings. The highest BCUT2D eigenvalue weighted by molar-refractivity contribution is 7.87. The van der Waals surface area contributed by atoms with Gasteiger partial charge in [0.25, 0.3) is 10.2 Å². The number of benzene rings is 2. The molecule has 1 heterocycles. The molecule has 2 aromatic carbocycles. The second-order valence-corrected chi connectivity index (χ2v) is 13.4. The number of rotatable bonds is 12. The molecule has 9 nitrogen and oxygen atoms in total. The fourth-order valence-electron chi connectivity index (χ4n) is 5.03. The number of nitrogens with one attached hydrogen (secondary N) is 2. The van der Waals surface area contributed by atoms with E-state index in [1.807, 2.05) is 30.3 Å². The van der Waals surface area contributed by atoms with Crippen molar-refractivity contribution in [1.29, 1.82) is 0 Å². The van der Waals surface area contributed by atoms with Crippen LogP contribution in [-0.4, -0.2) is 66.1 Å². The third-order valence-electron chi connectivity index (χ3n) is 7.81. The van der Waals surface area contributed by atoms with E-state index in [1.165, 1.54) is 32.9 Å². The normalized spacial score (nSPS) is 20.0. The van der Waals surface area contributed by atoms with Crippen LogP contribution in [0.2, 0.25) is 0 Å². The van der Waals surface area contributed by atoms with Gasteiger partial charge in [-0.1, -0.05) is 37.3 Å². The molecule has 1 saturated carbocycles. The lowest BCUT2D eigenvalue weighted by Gasteiger charge is -2.36. The highest BCUT2D eigenvalue weighted by atomic mass is 32.2. The van der Waals surface area contributed by atoms with Crippen molar-refractivity contribution in [2.45, 2.75) is 64.1 Å². The summed E-state index contributed by atoms with van der Waals surface area (Å²) in [5, 5.41) is 5.80. The van der Waals surface area contributed by atoms with Crippen LogP contribution in [0.3, 0.4) is 0 Å². The first-order valence-electron chi connectivity index (χ1n) is 13.8. The molecule has 3 atom stereocenters. The van der Waals surface area contributed by atoms with E-state index in [2.05, 4.69) is 10.6 Å². The van der Waals surface area contributed by atoms with E-state index < -0.39 is 45.5 Å². The molecule has 0 radical (unpaired) electrons. The Kier molecular flexibility index (Phi) is 9.29. The van der Waals surface area contributed by atoms with Crippen molar-refractivity contribution in [2.24, 2.45) is 17.6 Å². The summed E-state index contributed by atoms with van der Waals surface area (Å²) < 4.78 is 42.6. The number of nitrogens with two attached hydrogens (primary N) is 1. The molecule has 1 saturated heterocycles. The van der Waals surface area contributed by atoms with E-state index in [1.54, 1.807) is 20.8 Å². The van der Waals surface area contributed by atoms with Gasteiger partial charge in [0.15, 0.2) is 0 Å². The molecular weight excluding hydrogens is 533 g/mol. The SMILES string of the molecule is C[C@H](C[C@H](N)[C@H](Cc1ccccc1)NC(=O)C(C)(C)N1CCN(CC2CC2)S1(=O)=O)C(=O)Nc1ccc(F)cc1. The number of carbonyl (C=O) groups excluding carboxylic acids is 2. The molecule has 4 rings (SSSR count). The van der Waals surface area contributed by atoms with Crippen LogP contribution in [0.5, 0.6) is 0 Å². The number of anilines is 1. The minimum atomic E-state index is -3.77. The average molecular weight is 574 g/mol. The third-order valence-corrected chi connectivity index (χ3v) is 9.99. The molecule has 2 fully saturated rings. The third kappa shape index (κ3) is 7.25. The van der Waals surface area contributed by atoms with Gasteiger partial charge in [-0.15, -0.1) is 0 Å². The highest BCUT2D eigenvalue weighted by Gasteiger charge is 2.49. The molecule has 11 heteroatoms. The zero-order valence-corrected chi connectivity index (χ0v) is 24.2. The fraction of sp³-hybridized carbons (Fsp3) is 0.517. The van der Waals surface area contributed by atoms with Gasteiger partial charge in [0.05, 0.1) is 0 Å². The maximum Gasteiger partial charge on any atom is 0.283 e. The van der Waals surface area contributed by atoms with Crippen molar-refractivity contribution in [3.8, 4) is 0 Å². The van der Waals surface area contributed by atoms with Gasteiger partial charge in [0.1, 0.15) is 11.4 Å². The zero-order valence-electron chi connectivity index (χ0n) is 23.3. The molecule has 0 aromatic heterocycles. The number of carbonyl (C=O) groups is 2. The zero-order chi connectivity index (χ0) is 29.1. The maximum absolute atomic E-state index is 13.7. The molecule has 218 valence electrons. The standard InChI is InChI=1S/C29H40FN5O4S/c1-20(27(36)32-24-13-11-23(30)12-14-24)17-25(31)26(18-21-7-5-4-6-8-21)33-28(37)29(2,3)35-16-15-34(40(35,38)39)19-22-9-10-22/h4-8,11-14,20,22,25-26H,9-10,15-19,31H2,1-3H3,(H,32,36)(H,33,37)/t20-,25+,26+/m1/s1. The minimum absolute atomic E-state index is 0.242. The monoisotopic (exact) mass is 573 g/mol. The molecule has 40 heavy (non-hydrogen) atoms. The molecule has 2 aliphatic rings. The van der Waals surface area contributed by atoms with E-state index >= 15 is 0 Å². The predicted molar refractivity (Wildman–Crippen MR) is 153 cm³/mol. The van der Waals surface area contributed by atoms with Crippen LogP contribution in [0, 0.1) is 17.7 Å². The highest BCUT2D eigenvalue weighted by Crippen LogP contribution is 2.34. The van der Waals surface area contributed by atoms with Crippen LogP contribution in [0.15, 0.2) is 54.6 Å². The lowest BCUT2D eigenvalue weighted by atomic mass is 9.91. The van der Waals surface area contributed by atoms with Crippen molar-refractivity contribution in [3.05, 3.63) is 66.0 Å². The van der Waals surface area contributed by atoms with E-state index in [0.29, 0.717) is 31.1 Å². The Morgan fingerprint density at radius 1 is 1.07 bits per heavy atom. The Balaban J connectivity index is 1.45. The van der Waals surface area contributed by atoms with E-state index in [-0.39, 0.29) is 18.9 Å². The van der Waals surface area contributed by atoms with Crippen molar-refractivity contribution in [1.82, 2.24) is 13.9 Å². The van der Waals surface area contributed by atoms with Crippen LogP contribution < -0.4 is 16.4 Å². The van der Waals surface area contributed by atoms with Gasteiger partial charge in [0, 0.05) is 43.3 Å². The molecule has 0 unspecified atom stereocenters. The average Bonchev–Trinajstić information content (AvgIpc) is 3.67. The summed E-state index contributed by atoms with van der Waals surface area (Å²) in [6.45, 7) is 6.08. The summed E-state index contributed by atoms with van der Waals surface area (Å²) in [6, 6.07) is 13.9. The Morgan fingerprint density at radius 3 is 2.35 bits per heavy atom. The summed E-state index contributed by atoms with van der Waals surface area (Å²) in [7, 11) is -3.77. The van der Waals surface area contributed by atoms with Crippen LogP contribution in [0.25, 0.3) is 0 Å². The summed E-state index contributed by atoms with van der Waals surface area (Å²) in [6.07, 6.45) is 2.75. The topological polar surface area (TPSA) is 125 Å². The molecule has 0 spiro atoms. The number of halogens is 1. The Labute approximate surface area is 236 Å². The first-order valence-corrected chi connectivity index (χ1v) is 15.2. The second kappa shape index (κ2) is 12.3. The van der Waals surface area contributed by atoms with Gasteiger partial charge in [-0.05, 0) is 75.3 Å². The van der Waals surface area contributed by atoms with Crippen molar-refractivity contribution in [3.63, 3.8) is 0 Å². The first-order chi connectivity index (χ1) is 18.9. The second-order valence-electron chi connectivity index (χ2n) is 11.5. The summed E-state index contributed by atoms with van der Waals surface area (Å²) in [4.78, 5) is 26.5. The summed E-state index contributed by atoms with van der Waals surface area (Å²) >= 11 is 0. The molecule has 4 N–H and O–H groups in total. The number of hydrogen-bond acceptors (Lipinski definition) is 5. The van der Waals surface area contributed by atoms with Gasteiger partial charge < -0.3 is 16.4 Å². The van der Waals surface area contributed by atoms with E-state index in [9.17, 15) is 22.4 Å². The lowest BCUT2D eigenvalue weighted by molar-refractivity contribution is -0.129. The Hall–Kier alpha value is -2.86. The quantitative estimate of drug-likeness (QED) is 0.360. The predicted octanol–water partition coefficient (Wildman–Crippen LogP) is 2.90. The first kappa shape index (κ1) is 30.1. The number of amides is 2. The van der Waals surface area contributed by atoms with Crippen molar-refractivity contribution in [2.75, 3.05) is 25.0 Å². The van der Waals surface area contributed by atoms with Gasteiger partial charge in [-0.3, -0.25) is 9.59 Å². The number of nitrogens with zero attached hydrogens (tertiary/aromatic N) is 2. The Morgan fingerprint density at radius 2 is 1.73 bits per heavy atom. The minimum Gasteiger partial charge on any atom is -0.350 e. The van der Waals surface area contributed by atoms with Gasteiger partial charge >= 0.3 is 0 Å². The van der Waals surface area contributed by atoms with Crippen LogP contribution >= 0.6 is 0 Å². The summed E-state index contributed by atoms with van der Waals surface area (Å²) in [5.41, 5.74) is 6.71. The Bertz CT molecular complexity index is 1290. The van der Waals surface area contributed by atoms with Gasteiger partial charge in [-0.25, -0.2) is 4.39 Å². The summed E-state index contributed by atoms with van der Waals surface area (Å²) in [5.74, 6) is -1.21. The van der Waals surface area contributed by atoms with Crippen LogP contribution in [0.4, 0.5) is 10.1 Å². The van der Waals surface area contributed by atoms with Gasteiger partial charge in [-0.2, -0.15) is 17.0 Å². The number of hydrogen-bond donors (Lipinski definition) is 3. The van der Waals surface area contributed by atoms with Gasteiger partial charge in [0.2, 0.25) is 11.8 Å².